The van der Waals surface area contributed by atoms with Crippen molar-refractivity contribution in [1.29, 1.82) is 0 Å². The fraction of sp³-hybridized carbons (Fsp3) is 0.167. The lowest BCUT2D eigenvalue weighted by Gasteiger charge is -2.32. The third kappa shape index (κ3) is 3.80. The zero-order valence-corrected chi connectivity index (χ0v) is 15.2. The first-order chi connectivity index (χ1) is 12.5. The van der Waals surface area contributed by atoms with Crippen LogP contribution in [-0.2, 0) is 18.4 Å². The zero-order chi connectivity index (χ0) is 19.2. The molecule has 0 saturated carbocycles. The van der Waals surface area contributed by atoms with Crippen LogP contribution in [0, 0.1) is 0 Å². The molecule has 0 spiro atoms. The van der Waals surface area contributed by atoms with Gasteiger partial charge >= 0.3 is 7.60 Å². The van der Waals surface area contributed by atoms with Crippen molar-refractivity contribution in [3.63, 3.8) is 0 Å². The lowest BCUT2D eigenvalue weighted by Crippen LogP contribution is -2.42. The summed E-state index contributed by atoms with van der Waals surface area (Å²) >= 11 is 0. The van der Waals surface area contributed by atoms with Crippen LogP contribution in [0.15, 0.2) is 54.6 Å². The predicted octanol–water partition coefficient (Wildman–Crippen LogP) is 3.16. The Morgan fingerprint density at radius 2 is 1.58 bits per heavy atom. The van der Waals surface area contributed by atoms with Gasteiger partial charge in [0.2, 0.25) is 0 Å². The smallest absolute Gasteiger partial charge is 0.310 e. The first-order valence-electron chi connectivity index (χ1n) is 7.61. The summed E-state index contributed by atoms with van der Waals surface area (Å²) in [6.07, 6.45) is 0.864. The van der Waals surface area contributed by atoms with Crippen molar-refractivity contribution < 1.29 is 28.0 Å². The molecule has 2 rings (SSSR count). The van der Waals surface area contributed by atoms with Crippen molar-refractivity contribution in [3.8, 4) is 0 Å². The van der Waals surface area contributed by atoms with Gasteiger partial charge in [0.25, 0.3) is 5.91 Å². The molecule has 1 atom stereocenters. The molecule has 8 heteroatoms. The van der Waals surface area contributed by atoms with E-state index in [0.717, 1.165) is 19.1 Å². The minimum Gasteiger partial charge on any atom is -0.310 e. The molecule has 0 bridgehead atoms. The molecule has 7 nitrogen and oxygen atoms in total. The molecule has 0 fully saturated rings. The van der Waals surface area contributed by atoms with Gasteiger partial charge in [0.1, 0.15) is 0 Å². The van der Waals surface area contributed by atoms with E-state index >= 15 is 0 Å². The quantitative estimate of drug-likeness (QED) is 0.520. The van der Waals surface area contributed by atoms with Crippen molar-refractivity contribution in [2.24, 2.45) is 0 Å². The summed E-state index contributed by atoms with van der Waals surface area (Å²) in [5.41, 5.74) is 0.531. The minimum absolute atomic E-state index is 0.128. The molecule has 1 amide bonds. The second kappa shape index (κ2) is 8.67. The van der Waals surface area contributed by atoms with E-state index in [1.165, 1.54) is 12.1 Å². The van der Waals surface area contributed by atoms with E-state index in [4.69, 9.17) is 9.05 Å². The average molecular weight is 375 g/mol. The maximum Gasteiger partial charge on any atom is 0.360 e. The second-order valence-corrected chi connectivity index (χ2v) is 7.51. The van der Waals surface area contributed by atoms with Gasteiger partial charge < -0.3 is 13.8 Å². The summed E-state index contributed by atoms with van der Waals surface area (Å²) < 4.78 is 22.7. The fourth-order valence-corrected chi connectivity index (χ4v) is 3.71. The Bertz CT molecular complexity index is 831. The number of carbonyl (C=O) groups excluding carboxylic acids is 3. The summed E-state index contributed by atoms with van der Waals surface area (Å²) in [5.74, 6) is -2.18. The van der Waals surface area contributed by atoms with Crippen LogP contribution >= 0.6 is 7.60 Å². The van der Waals surface area contributed by atoms with Crippen LogP contribution in [0.3, 0.4) is 0 Å². The summed E-state index contributed by atoms with van der Waals surface area (Å²) in [6.45, 7) is 0. The van der Waals surface area contributed by atoms with Gasteiger partial charge in [0.15, 0.2) is 18.4 Å². The Morgan fingerprint density at radius 1 is 1.00 bits per heavy atom. The molecule has 0 aromatic heterocycles. The summed E-state index contributed by atoms with van der Waals surface area (Å²) in [6, 6.07) is 14.3. The highest BCUT2D eigenvalue weighted by atomic mass is 31.2. The van der Waals surface area contributed by atoms with Gasteiger partial charge in [-0.3, -0.25) is 19.1 Å². The SMILES string of the molecule is COP(=O)(OC)C(C=O)N(C(=O)c1ccccc1)c1ccccc1C=O. The minimum atomic E-state index is -4.00. The Balaban J connectivity index is 2.69. The molecular formula is C18H18NO6P. The highest BCUT2D eigenvalue weighted by Gasteiger charge is 2.42. The Kier molecular flexibility index (Phi) is 6.58. The number of para-hydroxylation sites is 1. The molecule has 26 heavy (non-hydrogen) atoms. The molecule has 0 N–H and O–H groups in total. The number of rotatable bonds is 8. The topological polar surface area (TPSA) is 90.0 Å². The van der Waals surface area contributed by atoms with Crippen molar-refractivity contribution in [1.82, 2.24) is 0 Å². The first-order valence-corrected chi connectivity index (χ1v) is 9.23. The number of hydrogen-bond acceptors (Lipinski definition) is 6. The molecule has 2 aromatic carbocycles. The summed E-state index contributed by atoms with van der Waals surface area (Å²) in [4.78, 5) is 37.3. The van der Waals surface area contributed by atoms with Crippen LogP contribution in [0.5, 0.6) is 0 Å². The fourth-order valence-electron chi connectivity index (χ4n) is 2.47. The standard InChI is InChI=1S/C18H18NO6P/c1-24-26(23,25-2)17(13-21)19(16-11-7-6-10-15(16)12-20)18(22)14-8-4-3-5-9-14/h3-13,17H,1-2H3. The third-order valence-electron chi connectivity index (χ3n) is 3.78. The van der Waals surface area contributed by atoms with Crippen LogP contribution < -0.4 is 4.90 Å². The molecule has 0 radical (unpaired) electrons. The highest BCUT2D eigenvalue weighted by molar-refractivity contribution is 7.55. The van der Waals surface area contributed by atoms with Gasteiger partial charge in [0.05, 0.1) is 5.69 Å². The molecule has 0 aliphatic heterocycles. The molecule has 0 saturated heterocycles. The van der Waals surface area contributed by atoms with E-state index < -0.39 is 19.3 Å². The summed E-state index contributed by atoms with van der Waals surface area (Å²) in [5, 5.41) is 0. The Morgan fingerprint density at radius 3 is 2.12 bits per heavy atom. The van der Waals surface area contributed by atoms with Gasteiger partial charge in [-0.2, -0.15) is 0 Å². The van der Waals surface area contributed by atoms with Gasteiger partial charge in [-0.1, -0.05) is 30.3 Å². The molecular weight excluding hydrogens is 357 g/mol. The van der Waals surface area contributed by atoms with Crippen LogP contribution in [0.25, 0.3) is 0 Å². The van der Waals surface area contributed by atoms with Crippen molar-refractivity contribution >= 4 is 31.8 Å². The van der Waals surface area contributed by atoms with E-state index in [2.05, 4.69) is 0 Å². The number of hydrogen-bond donors (Lipinski definition) is 0. The van der Waals surface area contributed by atoms with Gasteiger partial charge in [-0.05, 0) is 24.3 Å². The van der Waals surface area contributed by atoms with Gasteiger partial charge in [0, 0.05) is 25.3 Å². The maximum atomic E-state index is 13.1. The molecule has 2 aromatic rings. The first kappa shape index (κ1) is 19.7. The molecule has 0 aliphatic rings. The maximum absolute atomic E-state index is 13.1. The molecule has 0 heterocycles. The van der Waals surface area contributed by atoms with Crippen LogP contribution in [0.4, 0.5) is 5.69 Å². The normalized spacial score (nSPS) is 12.2. The summed E-state index contributed by atoms with van der Waals surface area (Å²) in [7, 11) is -1.75. The molecule has 136 valence electrons. The van der Waals surface area contributed by atoms with Gasteiger partial charge in [-0.25, -0.2) is 0 Å². The van der Waals surface area contributed by atoms with Gasteiger partial charge in [-0.15, -0.1) is 0 Å². The van der Waals surface area contributed by atoms with E-state index in [1.807, 2.05) is 0 Å². The second-order valence-electron chi connectivity index (χ2n) is 5.17. The lowest BCUT2D eigenvalue weighted by atomic mass is 10.1. The number of anilines is 1. The van der Waals surface area contributed by atoms with Crippen LogP contribution in [0.2, 0.25) is 0 Å². The van der Waals surface area contributed by atoms with Crippen LogP contribution in [0.1, 0.15) is 20.7 Å². The van der Waals surface area contributed by atoms with E-state index in [9.17, 15) is 18.9 Å². The van der Waals surface area contributed by atoms with E-state index in [1.54, 1.807) is 42.5 Å². The molecule has 1 unspecified atom stereocenters. The van der Waals surface area contributed by atoms with Crippen molar-refractivity contribution in [3.05, 3.63) is 65.7 Å². The van der Waals surface area contributed by atoms with Crippen molar-refractivity contribution in [2.75, 3.05) is 19.1 Å². The van der Waals surface area contributed by atoms with E-state index in [0.29, 0.717) is 12.6 Å². The lowest BCUT2D eigenvalue weighted by molar-refractivity contribution is -0.107. The van der Waals surface area contributed by atoms with E-state index in [-0.39, 0.29) is 16.8 Å². The average Bonchev–Trinajstić information content (AvgIpc) is 2.71. The number of nitrogens with zero attached hydrogens (tertiary/aromatic N) is 1. The number of benzene rings is 2. The van der Waals surface area contributed by atoms with Crippen molar-refractivity contribution in [2.45, 2.75) is 5.78 Å². The number of carbonyl (C=O) groups is 3. The third-order valence-corrected chi connectivity index (χ3v) is 5.80. The molecule has 0 aliphatic carbocycles. The predicted molar refractivity (Wildman–Crippen MR) is 96.6 cm³/mol. The number of aldehydes is 2. The zero-order valence-electron chi connectivity index (χ0n) is 14.3. The largest absolute Gasteiger partial charge is 0.360 e. The van der Waals surface area contributed by atoms with Crippen LogP contribution in [-0.4, -0.2) is 38.5 Å². The Labute approximate surface area is 151 Å². The highest BCUT2D eigenvalue weighted by Crippen LogP contribution is 2.53. The Hall–Kier alpha value is -2.60. The number of amides is 1. The monoisotopic (exact) mass is 375 g/mol.